The average Bonchev–Trinajstić information content (AvgIpc) is 3.18. The molecule has 1 heterocycles. The summed E-state index contributed by atoms with van der Waals surface area (Å²) in [6.45, 7) is 0.307. The van der Waals surface area contributed by atoms with E-state index < -0.39 is 0 Å². The summed E-state index contributed by atoms with van der Waals surface area (Å²) in [7, 11) is 0. The van der Waals surface area contributed by atoms with E-state index in [9.17, 15) is 0 Å². The van der Waals surface area contributed by atoms with Gasteiger partial charge in [-0.15, -0.1) is 23.5 Å². The largest absolute Gasteiger partial charge is 0.454 e. The van der Waals surface area contributed by atoms with E-state index >= 15 is 0 Å². The molecule has 1 aliphatic heterocycles. The molecule has 144 valence electrons. The summed E-state index contributed by atoms with van der Waals surface area (Å²) in [6, 6.07) is 23.4. The minimum atomic E-state index is 0.307. The summed E-state index contributed by atoms with van der Waals surface area (Å²) >= 11 is 10.9. The Morgan fingerprint density at radius 1 is 0.714 bits per heavy atom. The Kier molecular flexibility index (Phi) is 6.94. The van der Waals surface area contributed by atoms with Gasteiger partial charge in [0.15, 0.2) is 11.5 Å². The van der Waals surface area contributed by atoms with E-state index in [0.29, 0.717) is 11.4 Å². The van der Waals surface area contributed by atoms with E-state index in [2.05, 4.69) is 92.5 Å². The van der Waals surface area contributed by atoms with Crippen LogP contribution in [0.2, 0.25) is 0 Å². The number of hydrogen-bond donors (Lipinski definition) is 0. The highest BCUT2D eigenvalue weighted by molar-refractivity contribution is 9.10. The number of benzene rings is 3. The van der Waals surface area contributed by atoms with E-state index in [4.69, 9.17) is 9.47 Å². The van der Waals surface area contributed by atoms with Crippen LogP contribution in [-0.4, -0.2) is 6.79 Å². The summed E-state index contributed by atoms with van der Waals surface area (Å²) in [6.07, 6.45) is 0. The van der Waals surface area contributed by atoms with Crippen molar-refractivity contribution >= 4 is 55.4 Å². The molecule has 6 heteroatoms. The van der Waals surface area contributed by atoms with Gasteiger partial charge in [-0.3, -0.25) is 0 Å². The molecule has 0 fully saturated rings. The summed E-state index contributed by atoms with van der Waals surface area (Å²) in [5.41, 5.74) is 3.90. The molecule has 0 unspecified atom stereocenters. The number of hydrogen-bond acceptors (Lipinski definition) is 4. The van der Waals surface area contributed by atoms with Gasteiger partial charge in [0.2, 0.25) is 6.79 Å². The predicted molar refractivity (Wildman–Crippen MR) is 126 cm³/mol. The first-order valence-corrected chi connectivity index (χ1v) is 12.5. The third kappa shape index (κ3) is 5.29. The van der Waals surface area contributed by atoms with Crippen LogP contribution >= 0.6 is 55.4 Å². The normalized spacial score (nSPS) is 12.5. The fourth-order valence-electron chi connectivity index (χ4n) is 2.81. The van der Waals surface area contributed by atoms with Crippen LogP contribution in [0.4, 0.5) is 0 Å². The summed E-state index contributed by atoms with van der Waals surface area (Å²) in [5, 5.41) is 0. The predicted octanol–water partition coefficient (Wildman–Crippen LogP) is 7.81. The van der Waals surface area contributed by atoms with Gasteiger partial charge in [0.25, 0.3) is 0 Å². The average molecular weight is 538 g/mol. The van der Waals surface area contributed by atoms with Gasteiger partial charge in [0.1, 0.15) is 0 Å². The quantitative estimate of drug-likeness (QED) is 0.286. The van der Waals surface area contributed by atoms with Crippen molar-refractivity contribution in [2.24, 2.45) is 0 Å². The van der Waals surface area contributed by atoms with Gasteiger partial charge >= 0.3 is 0 Å². The highest BCUT2D eigenvalue weighted by atomic mass is 79.9. The molecule has 1 aliphatic rings. The van der Waals surface area contributed by atoms with Crippen molar-refractivity contribution in [3.8, 4) is 11.5 Å². The zero-order valence-corrected chi connectivity index (χ0v) is 19.7. The number of ether oxygens (including phenoxy) is 2. The minimum absolute atomic E-state index is 0.307. The van der Waals surface area contributed by atoms with Gasteiger partial charge in [-0.2, -0.15) is 0 Å². The Morgan fingerprint density at radius 2 is 1.25 bits per heavy atom. The molecule has 2 nitrogen and oxygen atoms in total. The minimum Gasteiger partial charge on any atom is -0.454 e. The van der Waals surface area contributed by atoms with Gasteiger partial charge in [-0.1, -0.05) is 62.2 Å². The van der Waals surface area contributed by atoms with Crippen LogP contribution in [0.1, 0.15) is 21.3 Å². The van der Waals surface area contributed by atoms with Crippen LogP contribution in [0.5, 0.6) is 11.5 Å². The Bertz CT molecular complexity index is 881. The first kappa shape index (κ1) is 20.2. The number of halogens is 2. The van der Waals surface area contributed by atoms with E-state index in [-0.39, 0.29) is 0 Å². The fourth-order valence-corrected chi connectivity index (χ4v) is 5.88. The van der Waals surface area contributed by atoms with Crippen LogP contribution < -0.4 is 9.47 Å². The van der Waals surface area contributed by atoms with Gasteiger partial charge in [-0.05, 0) is 53.1 Å². The first-order valence-electron chi connectivity index (χ1n) is 8.79. The molecule has 0 saturated heterocycles. The number of fused-ring (bicyclic) bond motifs is 1. The van der Waals surface area contributed by atoms with E-state index in [1.165, 1.54) is 16.7 Å². The van der Waals surface area contributed by atoms with Crippen molar-refractivity contribution in [3.63, 3.8) is 0 Å². The Hall–Kier alpha value is -1.08. The second kappa shape index (κ2) is 9.61. The third-order valence-corrected chi connectivity index (χ3v) is 8.32. The summed E-state index contributed by atoms with van der Waals surface area (Å²) < 4.78 is 13.6. The molecule has 3 aromatic rings. The molecule has 0 bridgehead atoms. The summed E-state index contributed by atoms with van der Waals surface area (Å²) in [4.78, 5) is 0. The molecule has 0 aliphatic carbocycles. The van der Waals surface area contributed by atoms with Gasteiger partial charge < -0.3 is 9.47 Å². The van der Waals surface area contributed by atoms with Crippen LogP contribution in [0.25, 0.3) is 0 Å². The highest BCUT2D eigenvalue weighted by Crippen LogP contribution is 2.45. The highest BCUT2D eigenvalue weighted by Gasteiger charge is 2.19. The van der Waals surface area contributed by atoms with Gasteiger partial charge in [0.05, 0.1) is 4.58 Å². The van der Waals surface area contributed by atoms with E-state index in [0.717, 1.165) is 32.0 Å². The zero-order valence-electron chi connectivity index (χ0n) is 14.9. The molecule has 4 rings (SSSR count). The first-order chi connectivity index (χ1) is 13.7. The maximum atomic E-state index is 5.59. The van der Waals surface area contributed by atoms with Crippen LogP contribution in [0, 0.1) is 0 Å². The molecule has 0 N–H and O–H groups in total. The lowest BCUT2D eigenvalue weighted by atomic mass is 10.2. The van der Waals surface area contributed by atoms with Crippen molar-refractivity contribution in [2.75, 3.05) is 6.79 Å². The molecule has 0 atom stereocenters. The maximum Gasteiger partial charge on any atom is 0.231 e. The standard InChI is InChI=1S/C22H18Br2O2S2/c23-18-6-1-15(2-7-18)12-27-22(28-13-16-3-8-19(24)9-4-16)17-5-10-20-21(11-17)26-14-25-20/h1-11,22H,12-14H2. The molecule has 0 radical (unpaired) electrons. The molecule has 0 amide bonds. The van der Waals surface area contributed by atoms with Crippen molar-refractivity contribution in [1.29, 1.82) is 0 Å². The SMILES string of the molecule is Brc1ccc(CSC(SCc2ccc(Br)cc2)c2ccc3c(c2)OCO3)cc1. The lowest BCUT2D eigenvalue weighted by molar-refractivity contribution is 0.174. The molecule has 28 heavy (non-hydrogen) atoms. The van der Waals surface area contributed by atoms with Gasteiger partial charge in [-0.25, -0.2) is 0 Å². The smallest absolute Gasteiger partial charge is 0.231 e. The topological polar surface area (TPSA) is 18.5 Å². The molecular weight excluding hydrogens is 520 g/mol. The Labute approximate surface area is 190 Å². The van der Waals surface area contributed by atoms with E-state index in [1.807, 2.05) is 29.6 Å². The van der Waals surface area contributed by atoms with Crippen LogP contribution in [0.15, 0.2) is 75.7 Å². The van der Waals surface area contributed by atoms with Crippen molar-refractivity contribution in [2.45, 2.75) is 16.1 Å². The molecule has 0 spiro atoms. The lowest BCUT2D eigenvalue weighted by Crippen LogP contribution is -1.94. The van der Waals surface area contributed by atoms with Crippen molar-refractivity contribution < 1.29 is 9.47 Å². The molecular formula is C22H18Br2O2S2. The molecule has 0 aromatic heterocycles. The van der Waals surface area contributed by atoms with Crippen molar-refractivity contribution in [1.82, 2.24) is 0 Å². The number of thioether (sulfide) groups is 2. The maximum absolute atomic E-state index is 5.59. The van der Waals surface area contributed by atoms with Gasteiger partial charge in [0, 0.05) is 20.5 Å². The second-order valence-corrected chi connectivity index (χ2v) is 10.6. The van der Waals surface area contributed by atoms with Crippen molar-refractivity contribution in [3.05, 3.63) is 92.4 Å². The van der Waals surface area contributed by atoms with E-state index in [1.54, 1.807) is 0 Å². The summed E-state index contributed by atoms with van der Waals surface area (Å²) in [5.74, 6) is 3.59. The second-order valence-electron chi connectivity index (χ2n) is 6.32. The van der Waals surface area contributed by atoms with Crippen LogP contribution in [-0.2, 0) is 11.5 Å². The zero-order chi connectivity index (χ0) is 19.3. The van der Waals surface area contributed by atoms with Crippen LogP contribution in [0.3, 0.4) is 0 Å². The molecule has 0 saturated carbocycles. The number of rotatable bonds is 7. The lowest BCUT2D eigenvalue weighted by Gasteiger charge is -2.18. The fraction of sp³-hybridized carbons (Fsp3) is 0.182. The Balaban J connectivity index is 1.49. The third-order valence-electron chi connectivity index (χ3n) is 4.30. The molecule has 3 aromatic carbocycles. The monoisotopic (exact) mass is 536 g/mol. The Morgan fingerprint density at radius 3 is 1.82 bits per heavy atom.